The highest BCUT2D eigenvalue weighted by atomic mass is 16.7. The Morgan fingerprint density at radius 1 is 0.776 bits per heavy atom. The number of carbonyl (C=O) groups is 1. The molecule has 0 aromatic heterocycles. The van der Waals surface area contributed by atoms with Gasteiger partial charge in [-0.1, -0.05) is 109 Å². The number of carbonyl (C=O) groups excluding carboxylic acids is 1. The monoisotopic (exact) mass is 1030 g/mol. The molecule has 4 aliphatic rings. The number of unbranched alkanes of at least 4 members (excludes halogenated alkanes) is 2. The molecule has 2 aliphatic heterocycles. The van der Waals surface area contributed by atoms with E-state index >= 15 is 4.79 Å². The molecule has 2 heterocycles. The minimum absolute atomic E-state index is 0.0210. The van der Waals surface area contributed by atoms with Crippen LogP contribution in [0.1, 0.15) is 67.6 Å². The molecule has 76 heavy (non-hydrogen) atoms. The molecule has 1 fully saturated rings. The van der Waals surface area contributed by atoms with Gasteiger partial charge in [-0.25, -0.2) is 4.79 Å². The smallest absolute Gasteiger partial charge is 0.416 e. The van der Waals surface area contributed by atoms with E-state index in [1.165, 1.54) is 24.3 Å². The molecule has 6 aromatic rings. The number of aliphatic hydroxyl groups is 2. The van der Waals surface area contributed by atoms with Crippen molar-refractivity contribution in [2.75, 3.05) is 26.6 Å². The van der Waals surface area contributed by atoms with E-state index < -0.39 is 28.8 Å². The lowest BCUT2D eigenvalue weighted by molar-refractivity contribution is -0.384. The van der Waals surface area contributed by atoms with Crippen molar-refractivity contribution in [1.82, 2.24) is 4.90 Å². The maximum atomic E-state index is 15.4. The van der Waals surface area contributed by atoms with E-state index in [1.54, 1.807) is 17.0 Å². The number of nitro benzene ring substituents is 1. The van der Waals surface area contributed by atoms with Crippen LogP contribution in [-0.4, -0.2) is 70.3 Å². The van der Waals surface area contributed by atoms with Crippen molar-refractivity contribution < 1.29 is 53.2 Å². The molecule has 1 saturated carbocycles. The molecule has 15 nitrogen and oxygen atoms in total. The first kappa shape index (κ1) is 51.5. The van der Waals surface area contributed by atoms with Gasteiger partial charge in [-0.2, -0.15) is 0 Å². The third-order valence-corrected chi connectivity index (χ3v) is 14.7. The molecular formula is C61H61N3O12. The maximum Gasteiger partial charge on any atom is 0.416 e. The topological polar surface area (TPSA) is 181 Å². The van der Waals surface area contributed by atoms with Crippen LogP contribution in [0.4, 0.5) is 10.5 Å². The first-order valence-electron chi connectivity index (χ1n) is 25.9. The lowest BCUT2D eigenvalue weighted by Gasteiger charge is -2.59. The molecule has 0 saturated heterocycles. The number of hydrogen-bond acceptors (Lipinski definition) is 13. The second-order valence-corrected chi connectivity index (χ2v) is 19.5. The molecule has 392 valence electrons. The Labute approximate surface area is 441 Å². The average molecular weight is 1030 g/mol. The molecule has 0 unspecified atom stereocenters. The number of non-ortho nitro benzene ring substituents is 1. The van der Waals surface area contributed by atoms with Gasteiger partial charge in [-0.05, 0) is 120 Å². The van der Waals surface area contributed by atoms with Crippen molar-refractivity contribution in [1.29, 1.82) is 0 Å². The van der Waals surface area contributed by atoms with Gasteiger partial charge < -0.3 is 43.5 Å². The molecule has 2 N–H and O–H groups in total. The fraction of sp³-hybridized carbons (Fsp3) is 0.311. The number of fused-ring (bicyclic) bond motifs is 3. The van der Waals surface area contributed by atoms with Crippen LogP contribution < -0.4 is 23.7 Å². The van der Waals surface area contributed by atoms with Gasteiger partial charge in [-0.15, -0.1) is 6.58 Å². The fourth-order valence-electron chi connectivity index (χ4n) is 11.3. The van der Waals surface area contributed by atoms with Crippen molar-refractivity contribution in [3.63, 3.8) is 0 Å². The quantitative estimate of drug-likeness (QED) is 0.0285. The number of ether oxygens (including phenoxy) is 6. The van der Waals surface area contributed by atoms with Crippen molar-refractivity contribution >= 4 is 17.5 Å². The molecule has 0 spiro atoms. The van der Waals surface area contributed by atoms with Crippen LogP contribution in [0.2, 0.25) is 0 Å². The Balaban J connectivity index is 1.14. The van der Waals surface area contributed by atoms with Crippen LogP contribution in [0, 0.1) is 27.9 Å². The summed E-state index contributed by atoms with van der Waals surface area (Å²) in [6.07, 6.45) is 7.45. The number of amides is 1. The Kier molecular flexibility index (Phi) is 16.1. The predicted molar refractivity (Wildman–Crippen MR) is 285 cm³/mol. The number of hydrogen-bond donors (Lipinski definition) is 2. The molecule has 1 amide bonds. The zero-order chi connectivity index (χ0) is 52.4. The molecule has 15 heteroatoms. The third kappa shape index (κ3) is 11.2. The van der Waals surface area contributed by atoms with Crippen molar-refractivity contribution in [3.8, 4) is 45.6 Å². The minimum Gasteiger partial charge on any atom is -0.459 e. The summed E-state index contributed by atoms with van der Waals surface area (Å²) in [6, 6.07) is 43.6. The standard InChI is InChI=1S/C61H61N3O12/c1-2-33-72-61-57(63(38-42-19-29-55-56(34-42)71-40-70-55)60(67)75-48-26-22-46(23-27-48)64(68)69)37-53(62-73-39-41-13-5-3-6-14-41)51-35-45(17-9-11-31-65)50(18-10-12-32-66)58(59(51)61)52-36-49(28-30-54(52)76-61)74-47-24-20-44(21-25-47)43-15-7-4-8-16-43/h2-8,13-16,19-30,34-36,45,50,57-59,65-66H,1,9-12,17-18,31-33,37-40H2/t45-,50+,57-,58+,59+,61+/m0/s1. The van der Waals surface area contributed by atoms with Crippen LogP contribution in [0.5, 0.6) is 34.5 Å². The molecule has 0 bridgehead atoms. The van der Waals surface area contributed by atoms with Gasteiger partial charge in [0.1, 0.15) is 35.6 Å². The number of nitrogens with zero attached hydrogens (tertiary/aromatic N) is 3. The first-order chi connectivity index (χ1) is 37.2. The highest BCUT2D eigenvalue weighted by molar-refractivity contribution is 6.03. The summed E-state index contributed by atoms with van der Waals surface area (Å²) >= 11 is 0. The molecule has 6 aromatic carbocycles. The van der Waals surface area contributed by atoms with Crippen LogP contribution in [0.25, 0.3) is 11.1 Å². The lowest BCUT2D eigenvalue weighted by atomic mass is 9.55. The van der Waals surface area contributed by atoms with Gasteiger partial charge in [-0.3, -0.25) is 15.0 Å². The summed E-state index contributed by atoms with van der Waals surface area (Å²) in [4.78, 5) is 34.4. The van der Waals surface area contributed by atoms with Crippen molar-refractivity contribution in [3.05, 3.63) is 197 Å². The van der Waals surface area contributed by atoms with E-state index in [9.17, 15) is 20.3 Å². The number of allylic oxidation sites excluding steroid dienone is 1. The predicted octanol–water partition coefficient (Wildman–Crippen LogP) is 12.3. The Bertz CT molecular complexity index is 3040. The Morgan fingerprint density at radius 3 is 2.20 bits per heavy atom. The zero-order valence-electron chi connectivity index (χ0n) is 42.1. The van der Waals surface area contributed by atoms with Crippen LogP contribution in [-0.2, 0) is 22.7 Å². The molecule has 10 rings (SSSR count). The van der Waals surface area contributed by atoms with E-state index in [4.69, 9.17) is 38.4 Å². The summed E-state index contributed by atoms with van der Waals surface area (Å²) in [6.45, 7) is 4.39. The largest absolute Gasteiger partial charge is 0.459 e. The van der Waals surface area contributed by atoms with Crippen LogP contribution >= 0.6 is 0 Å². The highest BCUT2D eigenvalue weighted by Crippen LogP contribution is 2.62. The average Bonchev–Trinajstić information content (AvgIpc) is 3.92. The van der Waals surface area contributed by atoms with E-state index in [-0.39, 0.29) is 75.4 Å². The Morgan fingerprint density at radius 2 is 1.46 bits per heavy atom. The lowest BCUT2D eigenvalue weighted by Crippen LogP contribution is -2.70. The van der Waals surface area contributed by atoms with E-state index in [1.807, 2.05) is 97.1 Å². The number of rotatable bonds is 22. The summed E-state index contributed by atoms with van der Waals surface area (Å²) in [5, 5.41) is 36.9. The highest BCUT2D eigenvalue weighted by Gasteiger charge is 2.66. The second-order valence-electron chi connectivity index (χ2n) is 19.5. The van der Waals surface area contributed by atoms with E-state index in [0.717, 1.165) is 53.5 Å². The molecule has 2 aliphatic carbocycles. The molecule has 6 atom stereocenters. The van der Waals surface area contributed by atoms with Gasteiger partial charge >= 0.3 is 6.09 Å². The summed E-state index contributed by atoms with van der Waals surface area (Å²) in [7, 11) is 0. The van der Waals surface area contributed by atoms with Gasteiger partial charge in [0.15, 0.2) is 11.5 Å². The first-order valence-corrected chi connectivity index (χ1v) is 25.9. The fourth-order valence-corrected chi connectivity index (χ4v) is 11.3. The van der Waals surface area contributed by atoms with Gasteiger partial charge in [0.25, 0.3) is 5.69 Å². The third-order valence-electron chi connectivity index (χ3n) is 14.7. The van der Waals surface area contributed by atoms with Crippen LogP contribution in [0.3, 0.4) is 0 Å². The van der Waals surface area contributed by atoms with Gasteiger partial charge in [0.05, 0.1) is 23.2 Å². The number of aliphatic hydroxyl groups excluding tert-OH is 2. The van der Waals surface area contributed by atoms with Crippen molar-refractivity contribution in [2.24, 2.45) is 22.9 Å². The normalized spacial score (nSPS) is 21.3. The zero-order valence-corrected chi connectivity index (χ0v) is 42.1. The summed E-state index contributed by atoms with van der Waals surface area (Å²) in [5.74, 6) is 0.249. The van der Waals surface area contributed by atoms with E-state index in [0.29, 0.717) is 52.9 Å². The van der Waals surface area contributed by atoms with Gasteiger partial charge in [0.2, 0.25) is 12.6 Å². The maximum absolute atomic E-state index is 15.4. The number of oxime groups is 1. The van der Waals surface area contributed by atoms with Crippen LogP contribution in [0.15, 0.2) is 175 Å². The molecular weight excluding hydrogens is 967 g/mol. The second kappa shape index (κ2) is 23.7. The van der Waals surface area contributed by atoms with Gasteiger partial charge in [0, 0.05) is 49.8 Å². The SMILES string of the molecule is C=CCO[C@@]12Oc3ccc(Oc4ccc(-c5ccccc5)cc4)cc3[C@H]3[C@H](CCCCO)[C@@H](CCCCO)C=C(C(=NOCc4ccccc4)C[C@@H]1N(Cc1ccc4c(c1)OCO4)C(=O)Oc1ccc([N+](=O)[O-])cc1)[C@H]32. The van der Waals surface area contributed by atoms with Crippen molar-refractivity contribution in [2.45, 2.75) is 75.8 Å². The Hall–Kier alpha value is -7.98. The van der Waals surface area contributed by atoms with E-state index in [2.05, 4.69) is 30.9 Å². The number of benzene rings is 6. The summed E-state index contributed by atoms with van der Waals surface area (Å²) in [5.41, 5.74) is 5.92. The molecule has 0 radical (unpaired) electrons. The minimum atomic E-state index is -1.64. The number of nitro groups is 1. The summed E-state index contributed by atoms with van der Waals surface area (Å²) < 4.78 is 39.1.